The van der Waals surface area contributed by atoms with Gasteiger partial charge in [0.1, 0.15) is 5.75 Å². The Morgan fingerprint density at radius 1 is 1.10 bits per heavy atom. The highest BCUT2D eigenvalue weighted by Gasteiger charge is 2.03. The van der Waals surface area contributed by atoms with Gasteiger partial charge >= 0.3 is 0 Å². The smallest absolute Gasteiger partial charge is 0.121 e. The van der Waals surface area contributed by atoms with Gasteiger partial charge in [-0.2, -0.15) is 0 Å². The molecule has 2 nitrogen and oxygen atoms in total. The highest BCUT2D eigenvalue weighted by molar-refractivity contribution is 5.49. The Hall–Kier alpha value is -1.96. The standard InChI is InChI=1S/C19H25NO/c1-5-16(4)21-19-8-6-7-18(12-19)20-13-17-11-14(2)9-10-15(17)3/h6-12,16,20H,5,13H2,1-4H3. The maximum absolute atomic E-state index is 5.86. The van der Waals surface area contributed by atoms with Crippen molar-refractivity contribution in [3.63, 3.8) is 0 Å². The second kappa shape index (κ2) is 7.16. The van der Waals surface area contributed by atoms with Crippen LogP contribution in [0.2, 0.25) is 0 Å². The third-order valence-corrected chi connectivity index (χ3v) is 3.73. The van der Waals surface area contributed by atoms with E-state index in [1.54, 1.807) is 0 Å². The molecule has 0 aliphatic heterocycles. The summed E-state index contributed by atoms with van der Waals surface area (Å²) < 4.78 is 5.86. The first kappa shape index (κ1) is 15.4. The molecule has 0 heterocycles. The molecule has 0 radical (unpaired) electrons. The van der Waals surface area contributed by atoms with Crippen molar-refractivity contribution in [3.05, 3.63) is 59.2 Å². The van der Waals surface area contributed by atoms with E-state index in [4.69, 9.17) is 4.74 Å². The first-order chi connectivity index (χ1) is 10.1. The van der Waals surface area contributed by atoms with E-state index in [2.05, 4.69) is 63.3 Å². The van der Waals surface area contributed by atoms with E-state index in [-0.39, 0.29) is 6.10 Å². The number of aryl methyl sites for hydroxylation is 2. The zero-order valence-corrected chi connectivity index (χ0v) is 13.4. The molecule has 0 spiro atoms. The van der Waals surface area contributed by atoms with Crippen LogP contribution in [0, 0.1) is 13.8 Å². The highest BCUT2D eigenvalue weighted by atomic mass is 16.5. The lowest BCUT2D eigenvalue weighted by Gasteiger charge is -2.14. The van der Waals surface area contributed by atoms with Crippen LogP contribution in [-0.4, -0.2) is 6.10 Å². The number of anilines is 1. The third-order valence-electron chi connectivity index (χ3n) is 3.73. The van der Waals surface area contributed by atoms with Crippen LogP contribution in [0.4, 0.5) is 5.69 Å². The third kappa shape index (κ3) is 4.52. The molecule has 0 aliphatic rings. The quantitative estimate of drug-likeness (QED) is 0.797. The Morgan fingerprint density at radius 3 is 2.67 bits per heavy atom. The van der Waals surface area contributed by atoms with Crippen LogP contribution in [-0.2, 0) is 6.54 Å². The monoisotopic (exact) mass is 283 g/mol. The predicted molar refractivity (Wildman–Crippen MR) is 90.1 cm³/mol. The van der Waals surface area contributed by atoms with Crippen LogP contribution in [0.5, 0.6) is 5.75 Å². The summed E-state index contributed by atoms with van der Waals surface area (Å²) in [4.78, 5) is 0. The fourth-order valence-corrected chi connectivity index (χ4v) is 2.18. The second-order valence-corrected chi connectivity index (χ2v) is 5.65. The number of hydrogen-bond acceptors (Lipinski definition) is 2. The molecule has 0 fully saturated rings. The van der Waals surface area contributed by atoms with E-state index in [1.807, 2.05) is 12.1 Å². The summed E-state index contributed by atoms with van der Waals surface area (Å²) >= 11 is 0. The summed E-state index contributed by atoms with van der Waals surface area (Å²) in [6, 6.07) is 14.8. The topological polar surface area (TPSA) is 21.3 Å². The SMILES string of the molecule is CCC(C)Oc1cccc(NCc2cc(C)ccc2C)c1. The lowest BCUT2D eigenvalue weighted by atomic mass is 10.1. The molecule has 1 N–H and O–H groups in total. The predicted octanol–water partition coefficient (Wildman–Crippen LogP) is 5.09. The van der Waals surface area contributed by atoms with Crippen LogP contribution >= 0.6 is 0 Å². The molecule has 2 aromatic rings. The van der Waals surface area contributed by atoms with E-state index < -0.39 is 0 Å². The molecule has 0 aromatic heterocycles. The molecule has 0 saturated carbocycles. The number of nitrogens with one attached hydrogen (secondary N) is 1. The number of rotatable bonds is 6. The van der Waals surface area contributed by atoms with Gasteiger partial charge in [-0.05, 0) is 50.5 Å². The lowest BCUT2D eigenvalue weighted by molar-refractivity contribution is 0.217. The van der Waals surface area contributed by atoms with Gasteiger partial charge in [0.2, 0.25) is 0 Å². The maximum atomic E-state index is 5.86. The van der Waals surface area contributed by atoms with Crippen molar-refractivity contribution in [2.45, 2.75) is 46.8 Å². The molecular formula is C19H25NO. The number of hydrogen-bond donors (Lipinski definition) is 1. The summed E-state index contributed by atoms with van der Waals surface area (Å²) in [5.74, 6) is 0.926. The second-order valence-electron chi connectivity index (χ2n) is 5.65. The fourth-order valence-electron chi connectivity index (χ4n) is 2.18. The van der Waals surface area contributed by atoms with Gasteiger partial charge in [-0.1, -0.05) is 36.8 Å². The van der Waals surface area contributed by atoms with Crippen LogP contribution < -0.4 is 10.1 Å². The summed E-state index contributed by atoms with van der Waals surface area (Å²) in [6.07, 6.45) is 1.26. The average molecular weight is 283 g/mol. The molecule has 1 atom stereocenters. The molecule has 112 valence electrons. The molecule has 0 amide bonds. The summed E-state index contributed by atoms with van der Waals surface area (Å²) in [6.45, 7) is 9.34. The van der Waals surface area contributed by atoms with Crippen LogP contribution in [0.1, 0.15) is 37.0 Å². The van der Waals surface area contributed by atoms with Crippen molar-refractivity contribution in [2.75, 3.05) is 5.32 Å². The zero-order chi connectivity index (χ0) is 15.2. The largest absolute Gasteiger partial charge is 0.491 e. The minimum atomic E-state index is 0.249. The van der Waals surface area contributed by atoms with Gasteiger partial charge in [0.05, 0.1) is 6.10 Å². The van der Waals surface area contributed by atoms with E-state index in [9.17, 15) is 0 Å². The lowest BCUT2D eigenvalue weighted by Crippen LogP contribution is -2.10. The molecular weight excluding hydrogens is 258 g/mol. The van der Waals surface area contributed by atoms with Crippen LogP contribution in [0.25, 0.3) is 0 Å². The van der Waals surface area contributed by atoms with Gasteiger partial charge in [0, 0.05) is 18.3 Å². The summed E-state index contributed by atoms with van der Waals surface area (Å²) in [5.41, 5.74) is 5.05. The molecule has 0 bridgehead atoms. The van der Waals surface area contributed by atoms with Crippen molar-refractivity contribution in [1.82, 2.24) is 0 Å². The van der Waals surface area contributed by atoms with Crippen molar-refractivity contribution < 1.29 is 4.74 Å². The minimum absolute atomic E-state index is 0.249. The molecule has 0 saturated heterocycles. The summed E-state index contributed by atoms with van der Waals surface area (Å²) in [5, 5.41) is 3.48. The molecule has 21 heavy (non-hydrogen) atoms. The molecule has 2 rings (SSSR count). The van der Waals surface area contributed by atoms with Gasteiger partial charge in [-0.25, -0.2) is 0 Å². The maximum Gasteiger partial charge on any atom is 0.121 e. The van der Waals surface area contributed by atoms with Crippen LogP contribution in [0.15, 0.2) is 42.5 Å². The first-order valence-corrected chi connectivity index (χ1v) is 7.65. The van der Waals surface area contributed by atoms with Crippen molar-refractivity contribution in [3.8, 4) is 5.75 Å². The average Bonchev–Trinajstić information content (AvgIpc) is 2.48. The van der Waals surface area contributed by atoms with Gasteiger partial charge in [-0.15, -0.1) is 0 Å². The Balaban J connectivity index is 2.03. The van der Waals surface area contributed by atoms with E-state index >= 15 is 0 Å². The van der Waals surface area contributed by atoms with Gasteiger partial charge in [0.15, 0.2) is 0 Å². The normalized spacial score (nSPS) is 12.0. The Labute approximate surface area is 128 Å². The van der Waals surface area contributed by atoms with Crippen molar-refractivity contribution >= 4 is 5.69 Å². The first-order valence-electron chi connectivity index (χ1n) is 7.65. The molecule has 2 heteroatoms. The van der Waals surface area contributed by atoms with Crippen molar-refractivity contribution in [1.29, 1.82) is 0 Å². The summed E-state index contributed by atoms with van der Waals surface area (Å²) in [7, 11) is 0. The number of ether oxygens (including phenoxy) is 1. The minimum Gasteiger partial charge on any atom is -0.491 e. The Morgan fingerprint density at radius 2 is 1.90 bits per heavy atom. The number of benzene rings is 2. The van der Waals surface area contributed by atoms with Gasteiger partial charge in [-0.3, -0.25) is 0 Å². The van der Waals surface area contributed by atoms with Gasteiger partial charge < -0.3 is 10.1 Å². The van der Waals surface area contributed by atoms with E-state index in [1.165, 1.54) is 16.7 Å². The van der Waals surface area contributed by atoms with Crippen LogP contribution in [0.3, 0.4) is 0 Å². The zero-order valence-electron chi connectivity index (χ0n) is 13.4. The molecule has 2 aromatic carbocycles. The molecule has 1 unspecified atom stereocenters. The fraction of sp³-hybridized carbons (Fsp3) is 0.368. The Bertz CT molecular complexity index is 592. The van der Waals surface area contributed by atoms with Gasteiger partial charge in [0.25, 0.3) is 0 Å². The van der Waals surface area contributed by atoms with E-state index in [0.29, 0.717) is 0 Å². The van der Waals surface area contributed by atoms with Crippen molar-refractivity contribution in [2.24, 2.45) is 0 Å². The Kier molecular flexibility index (Phi) is 5.26. The highest BCUT2D eigenvalue weighted by Crippen LogP contribution is 2.20. The molecule has 0 aliphatic carbocycles. The van der Waals surface area contributed by atoms with E-state index in [0.717, 1.165) is 24.4 Å².